The highest BCUT2D eigenvalue weighted by Gasteiger charge is 2.28. The maximum absolute atomic E-state index is 12.8. The minimum atomic E-state index is -3.38. The second-order valence-electron chi connectivity index (χ2n) is 7.20. The number of hydrogen-bond acceptors (Lipinski definition) is 4. The third-order valence-corrected chi connectivity index (χ3v) is 7.04. The number of ether oxygens (including phenoxy) is 1. The summed E-state index contributed by atoms with van der Waals surface area (Å²) in [4.78, 5) is 4.18. The van der Waals surface area contributed by atoms with E-state index in [1.807, 2.05) is 42.5 Å². The number of fused-ring (bicyclic) bond motifs is 2. The highest BCUT2D eigenvalue weighted by molar-refractivity contribution is 7.92. The third-order valence-electron chi connectivity index (χ3n) is 5.27. The monoisotopic (exact) mass is 414 g/mol. The van der Waals surface area contributed by atoms with Crippen LogP contribution in [-0.2, 0) is 22.9 Å². The number of benzene rings is 2. The predicted molar refractivity (Wildman–Crippen MR) is 115 cm³/mol. The van der Waals surface area contributed by atoms with E-state index in [-0.39, 0.29) is 18.4 Å². The Bertz CT molecular complexity index is 981. The van der Waals surface area contributed by atoms with E-state index >= 15 is 0 Å². The van der Waals surface area contributed by atoms with Crippen LogP contribution in [0.4, 0.5) is 5.69 Å². The highest BCUT2D eigenvalue weighted by atomic mass is 32.2. The molecule has 0 aromatic heterocycles. The summed E-state index contributed by atoms with van der Waals surface area (Å²) in [6.07, 6.45) is 1.65. The Morgan fingerprint density at radius 3 is 2.69 bits per heavy atom. The molecule has 0 amide bonds. The number of sulfonamides is 1. The van der Waals surface area contributed by atoms with Gasteiger partial charge in [0.2, 0.25) is 10.0 Å². The van der Waals surface area contributed by atoms with Gasteiger partial charge in [-0.05, 0) is 29.7 Å². The van der Waals surface area contributed by atoms with E-state index in [0.29, 0.717) is 19.0 Å². The Morgan fingerprint density at radius 1 is 1.14 bits per heavy atom. The first-order chi connectivity index (χ1) is 14.1. The molecule has 0 bridgehead atoms. The summed E-state index contributed by atoms with van der Waals surface area (Å²) in [5, 5.41) is 6.32. The Kier molecular flexibility index (Phi) is 5.62. The number of anilines is 1. The van der Waals surface area contributed by atoms with Crippen molar-refractivity contribution in [3.8, 4) is 5.75 Å². The van der Waals surface area contributed by atoms with Crippen molar-refractivity contribution in [2.75, 3.05) is 36.7 Å². The van der Waals surface area contributed by atoms with Gasteiger partial charge in [-0.3, -0.25) is 9.30 Å². The lowest BCUT2D eigenvalue weighted by Gasteiger charge is -2.20. The fourth-order valence-corrected chi connectivity index (χ4v) is 5.23. The molecule has 0 fully saturated rings. The normalized spacial score (nSPS) is 18.2. The van der Waals surface area contributed by atoms with Crippen molar-refractivity contribution in [2.24, 2.45) is 4.99 Å². The number of nitrogens with zero attached hydrogens (tertiary/aromatic N) is 2. The van der Waals surface area contributed by atoms with Gasteiger partial charge in [0.15, 0.2) is 5.96 Å². The van der Waals surface area contributed by atoms with Gasteiger partial charge < -0.3 is 15.4 Å². The number of guanidine groups is 1. The van der Waals surface area contributed by atoms with Crippen molar-refractivity contribution in [3.63, 3.8) is 0 Å². The molecular formula is C21H26N4O3S. The van der Waals surface area contributed by atoms with Crippen LogP contribution in [-0.4, -0.2) is 52.9 Å². The molecule has 29 heavy (non-hydrogen) atoms. The molecule has 154 valence electrons. The Hall–Kier alpha value is -2.74. The van der Waals surface area contributed by atoms with E-state index in [4.69, 9.17) is 4.74 Å². The van der Waals surface area contributed by atoms with Crippen molar-refractivity contribution in [1.82, 2.24) is 10.6 Å². The quantitative estimate of drug-likeness (QED) is 0.554. The molecule has 0 radical (unpaired) electrons. The average Bonchev–Trinajstić information content (AvgIpc) is 3.34. The smallest absolute Gasteiger partial charge is 0.236 e. The van der Waals surface area contributed by atoms with Crippen LogP contribution < -0.4 is 19.7 Å². The standard InChI is InChI=1S/C21H26N4O3S/c1-22-21(24-15-18-14-17-7-3-5-9-20(17)28-18)23-11-13-29(26,27)25-12-10-16-6-2-4-8-19(16)25/h2-9,18H,10-15H2,1H3,(H2,22,23,24). The lowest BCUT2D eigenvalue weighted by Crippen LogP contribution is -2.44. The maximum atomic E-state index is 12.8. The number of rotatable bonds is 6. The Balaban J connectivity index is 1.25. The van der Waals surface area contributed by atoms with E-state index in [1.54, 1.807) is 7.05 Å². The van der Waals surface area contributed by atoms with E-state index < -0.39 is 10.0 Å². The molecule has 2 aromatic rings. The third kappa shape index (κ3) is 4.32. The summed E-state index contributed by atoms with van der Waals surface area (Å²) >= 11 is 0. The SMILES string of the molecule is CN=C(NCCS(=O)(=O)N1CCc2ccccc21)NCC1Cc2ccccc2O1. The zero-order chi connectivity index (χ0) is 20.3. The largest absolute Gasteiger partial charge is 0.488 e. The van der Waals surface area contributed by atoms with Crippen LogP contribution in [0.3, 0.4) is 0 Å². The highest BCUT2D eigenvalue weighted by Crippen LogP contribution is 2.30. The van der Waals surface area contributed by atoms with Gasteiger partial charge in [-0.1, -0.05) is 36.4 Å². The first-order valence-electron chi connectivity index (χ1n) is 9.84. The molecule has 2 heterocycles. The lowest BCUT2D eigenvalue weighted by molar-refractivity contribution is 0.235. The van der Waals surface area contributed by atoms with E-state index in [9.17, 15) is 8.42 Å². The van der Waals surface area contributed by atoms with Gasteiger partial charge in [0.1, 0.15) is 11.9 Å². The first-order valence-corrected chi connectivity index (χ1v) is 11.4. The molecule has 4 rings (SSSR count). The fourth-order valence-electron chi connectivity index (χ4n) is 3.80. The van der Waals surface area contributed by atoms with Crippen LogP contribution in [0.1, 0.15) is 11.1 Å². The summed E-state index contributed by atoms with van der Waals surface area (Å²) in [5.74, 6) is 1.51. The van der Waals surface area contributed by atoms with Crippen LogP contribution in [0, 0.1) is 0 Å². The molecule has 1 atom stereocenters. The molecule has 2 aliphatic rings. The summed E-state index contributed by atoms with van der Waals surface area (Å²) in [6, 6.07) is 15.7. The summed E-state index contributed by atoms with van der Waals surface area (Å²) in [5.41, 5.74) is 3.09. The molecule has 2 aromatic carbocycles. The zero-order valence-corrected chi connectivity index (χ0v) is 17.3. The molecule has 8 heteroatoms. The van der Waals surface area contributed by atoms with E-state index in [0.717, 1.165) is 29.8 Å². The van der Waals surface area contributed by atoms with Gasteiger partial charge in [-0.15, -0.1) is 0 Å². The van der Waals surface area contributed by atoms with Crippen molar-refractivity contribution in [1.29, 1.82) is 0 Å². The van der Waals surface area contributed by atoms with Crippen molar-refractivity contribution >= 4 is 21.7 Å². The molecular weight excluding hydrogens is 388 g/mol. The van der Waals surface area contributed by atoms with Gasteiger partial charge in [-0.25, -0.2) is 8.42 Å². The van der Waals surface area contributed by atoms with Crippen molar-refractivity contribution in [2.45, 2.75) is 18.9 Å². The molecule has 0 aliphatic carbocycles. The van der Waals surface area contributed by atoms with Crippen molar-refractivity contribution < 1.29 is 13.2 Å². The van der Waals surface area contributed by atoms with Gasteiger partial charge in [-0.2, -0.15) is 0 Å². The van der Waals surface area contributed by atoms with E-state index in [2.05, 4.69) is 21.7 Å². The molecule has 1 unspecified atom stereocenters. The molecule has 2 aliphatic heterocycles. The van der Waals surface area contributed by atoms with Crippen LogP contribution in [0.25, 0.3) is 0 Å². The average molecular weight is 415 g/mol. The fraction of sp³-hybridized carbons (Fsp3) is 0.381. The zero-order valence-electron chi connectivity index (χ0n) is 16.5. The lowest BCUT2D eigenvalue weighted by atomic mass is 10.1. The number of aliphatic imine (C=N–C) groups is 1. The summed E-state index contributed by atoms with van der Waals surface area (Å²) in [6.45, 7) is 1.39. The van der Waals surface area contributed by atoms with Crippen LogP contribution in [0.2, 0.25) is 0 Å². The van der Waals surface area contributed by atoms with Gasteiger partial charge in [0.05, 0.1) is 18.0 Å². The first kappa shape index (κ1) is 19.6. The number of nitrogens with one attached hydrogen (secondary N) is 2. The minimum Gasteiger partial charge on any atom is -0.488 e. The second kappa shape index (κ2) is 8.32. The number of hydrogen-bond donors (Lipinski definition) is 2. The Morgan fingerprint density at radius 2 is 1.90 bits per heavy atom. The molecule has 2 N–H and O–H groups in total. The van der Waals surface area contributed by atoms with Gasteiger partial charge in [0.25, 0.3) is 0 Å². The van der Waals surface area contributed by atoms with Gasteiger partial charge >= 0.3 is 0 Å². The van der Waals surface area contributed by atoms with Crippen LogP contribution in [0.15, 0.2) is 53.5 Å². The molecule has 7 nitrogen and oxygen atoms in total. The van der Waals surface area contributed by atoms with Crippen LogP contribution in [0.5, 0.6) is 5.75 Å². The van der Waals surface area contributed by atoms with Crippen molar-refractivity contribution in [3.05, 3.63) is 59.7 Å². The molecule has 0 saturated carbocycles. The van der Waals surface area contributed by atoms with Crippen LogP contribution >= 0.6 is 0 Å². The molecule has 0 spiro atoms. The topological polar surface area (TPSA) is 83.0 Å². The minimum absolute atomic E-state index is 0.00735. The maximum Gasteiger partial charge on any atom is 0.236 e. The summed E-state index contributed by atoms with van der Waals surface area (Å²) in [7, 11) is -1.71. The summed E-state index contributed by atoms with van der Waals surface area (Å²) < 4.78 is 33.0. The predicted octanol–water partition coefficient (Wildman–Crippen LogP) is 1.55. The van der Waals surface area contributed by atoms with Gasteiger partial charge in [0, 0.05) is 26.6 Å². The molecule has 0 saturated heterocycles. The number of para-hydroxylation sites is 2. The Labute approximate surface area is 171 Å². The van der Waals surface area contributed by atoms with E-state index in [1.165, 1.54) is 9.87 Å². The second-order valence-corrected chi connectivity index (χ2v) is 9.21.